The number of carbonyl (C=O) groups is 1. The van der Waals surface area contributed by atoms with Gasteiger partial charge >= 0.3 is 0 Å². The van der Waals surface area contributed by atoms with Gasteiger partial charge in [0.2, 0.25) is 0 Å². The van der Waals surface area contributed by atoms with E-state index in [1.807, 2.05) is 19.1 Å². The number of rotatable bonds is 5. The van der Waals surface area contributed by atoms with Gasteiger partial charge < -0.3 is 10.6 Å². The molecule has 3 rings (SSSR count). The normalized spacial score (nSPS) is 19.4. The van der Waals surface area contributed by atoms with Gasteiger partial charge in [0, 0.05) is 23.3 Å². The van der Waals surface area contributed by atoms with Crippen molar-refractivity contribution in [1.82, 2.24) is 10.6 Å². The lowest BCUT2D eigenvalue weighted by atomic mass is 10.0. The zero-order chi connectivity index (χ0) is 19.4. The van der Waals surface area contributed by atoms with Gasteiger partial charge in [0.15, 0.2) is 0 Å². The van der Waals surface area contributed by atoms with Crippen LogP contribution in [-0.2, 0) is 10.0 Å². The van der Waals surface area contributed by atoms with Gasteiger partial charge in [-0.1, -0.05) is 23.8 Å². The van der Waals surface area contributed by atoms with Gasteiger partial charge in [0.1, 0.15) is 0 Å². The number of carbonyl (C=O) groups excluding carboxylic acids is 1. The third kappa shape index (κ3) is 5.70. The Balaban J connectivity index is 0.00000280. The fourth-order valence-electron chi connectivity index (χ4n) is 3.17. The van der Waals surface area contributed by atoms with Crippen LogP contribution in [0.2, 0.25) is 0 Å². The molecular formula is C20H26ClN3O3S. The summed E-state index contributed by atoms with van der Waals surface area (Å²) in [5, 5.41) is 6.35. The summed E-state index contributed by atoms with van der Waals surface area (Å²) in [4.78, 5) is 12.6. The monoisotopic (exact) mass is 423 g/mol. The summed E-state index contributed by atoms with van der Waals surface area (Å²) in [6.07, 6.45) is 1.72. The van der Waals surface area contributed by atoms with Crippen LogP contribution in [0.25, 0.3) is 0 Å². The standard InChI is InChI=1S/C20H25N3O3S.ClH/c1-14-6-8-17(9-7-14)23-27(25,26)19-5-3-4-16(13-19)20(24)22-18-10-11-21-15(2)12-18;/h3-9,13,15,18,21,23H,10-12H2,1-2H3,(H,22,24);1H. The van der Waals surface area contributed by atoms with Crippen LogP contribution in [0.4, 0.5) is 5.69 Å². The molecule has 1 saturated heterocycles. The number of halogens is 1. The predicted molar refractivity (Wildman–Crippen MR) is 114 cm³/mol. The van der Waals surface area contributed by atoms with E-state index < -0.39 is 10.0 Å². The Labute approximate surface area is 172 Å². The van der Waals surface area contributed by atoms with Crippen molar-refractivity contribution in [1.29, 1.82) is 0 Å². The molecule has 1 amide bonds. The summed E-state index contributed by atoms with van der Waals surface area (Å²) in [5.74, 6) is -0.249. The van der Waals surface area contributed by atoms with Gasteiger partial charge in [-0.25, -0.2) is 8.42 Å². The fraction of sp³-hybridized carbons (Fsp3) is 0.350. The van der Waals surface area contributed by atoms with Crippen molar-refractivity contribution in [3.05, 3.63) is 59.7 Å². The highest BCUT2D eigenvalue weighted by atomic mass is 35.5. The SMILES string of the molecule is Cc1ccc(NS(=O)(=O)c2cccc(C(=O)NC3CCNC(C)C3)c2)cc1.Cl. The summed E-state index contributed by atoms with van der Waals surface area (Å²) in [6, 6.07) is 13.7. The van der Waals surface area contributed by atoms with Crippen molar-refractivity contribution in [2.75, 3.05) is 11.3 Å². The highest BCUT2D eigenvalue weighted by molar-refractivity contribution is 7.92. The van der Waals surface area contributed by atoms with Gasteiger partial charge in [-0.15, -0.1) is 12.4 Å². The summed E-state index contributed by atoms with van der Waals surface area (Å²) in [6.45, 7) is 4.88. The van der Waals surface area contributed by atoms with Crippen molar-refractivity contribution in [3.8, 4) is 0 Å². The molecule has 6 nitrogen and oxygen atoms in total. The molecule has 1 aliphatic heterocycles. The summed E-state index contributed by atoms with van der Waals surface area (Å²) in [5.41, 5.74) is 1.87. The Bertz CT molecular complexity index is 917. The number of amides is 1. The molecule has 2 aromatic rings. The minimum Gasteiger partial charge on any atom is -0.349 e. The molecule has 28 heavy (non-hydrogen) atoms. The minimum atomic E-state index is -3.76. The summed E-state index contributed by atoms with van der Waals surface area (Å²) in [7, 11) is -3.76. The Morgan fingerprint density at radius 2 is 1.86 bits per heavy atom. The number of benzene rings is 2. The van der Waals surface area contributed by atoms with Crippen LogP contribution in [0.3, 0.4) is 0 Å². The minimum absolute atomic E-state index is 0. The highest BCUT2D eigenvalue weighted by Crippen LogP contribution is 2.18. The Morgan fingerprint density at radius 1 is 1.14 bits per heavy atom. The van der Waals surface area contributed by atoms with Crippen LogP contribution in [0.1, 0.15) is 35.7 Å². The predicted octanol–water partition coefficient (Wildman–Crippen LogP) is 3.09. The first-order valence-electron chi connectivity index (χ1n) is 9.07. The molecule has 2 aromatic carbocycles. The van der Waals surface area contributed by atoms with Crippen LogP contribution in [0.15, 0.2) is 53.4 Å². The molecule has 0 aliphatic carbocycles. The van der Waals surface area contributed by atoms with Crippen molar-refractivity contribution in [2.24, 2.45) is 0 Å². The number of sulfonamides is 1. The number of nitrogens with one attached hydrogen (secondary N) is 3. The van der Waals surface area contributed by atoms with Crippen LogP contribution in [0, 0.1) is 6.92 Å². The zero-order valence-electron chi connectivity index (χ0n) is 15.9. The van der Waals surface area contributed by atoms with Gasteiger partial charge in [-0.3, -0.25) is 9.52 Å². The highest BCUT2D eigenvalue weighted by Gasteiger charge is 2.22. The lowest BCUT2D eigenvalue weighted by molar-refractivity contribution is 0.0925. The molecule has 3 N–H and O–H groups in total. The second-order valence-electron chi connectivity index (χ2n) is 7.05. The average molecular weight is 424 g/mol. The Hall–Kier alpha value is -2.09. The van der Waals surface area contributed by atoms with E-state index in [4.69, 9.17) is 0 Å². The molecule has 1 aliphatic rings. The molecule has 2 unspecified atom stereocenters. The molecule has 1 heterocycles. The first-order valence-corrected chi connectivity index (χ1v) is 10.6. The molecule has 0 aromatic heterocycles. The van der Waals surface area contributed by atoms with E-state index in [1.165, 1.54) is 12.1 Å². The van der Waals surface area contributed by atoms with Crippen molar-refractivity contribution in [2.45, 2.75) is 43.7 Å². The van der Waals surface area contributed by atoms with Crippen LogP contribution < -0.4 is 15.4 Å². The van der Waals surface area contributed by atoms with E-state index in [0.29, 0.717) is 17.3 Å². The molecule has 0 radical (unpaired) electrons. The van der Waals surface area contributed by atoms with Crippen LogP contribution >= 0.6 is 12.4 Å². The molecule has 2 atom stereocenters. The topological polar surface area (TPSA) is 87.3 Å². The van der Waals surface area contributed by atoms with Crippen LogP contribution in [-0.4, -0.2) is 33.0 Å². The average Bonchev–Trinajstić information content (AvgIpc) is 2.63. The maximum Gasteiger partial charge on any atom is 0.261 e. The first-order chi connectivity index (χ1) is 12.8. The second-order valence-corrected chi connectivity index (χ2v) is 8.73. The van der Waals surface area contributed by atoms with E-state index in [0.717, 1.165) is 24.9 Å². The van der Waals surface area contributed by atoms with E-state index in [1.54, 1.807) is 24.3 Å². The Morgan fingerprint density at radius 3 is 2.54 bits per heavy atom. The zero-order valence-corrected chi connectivity index (χ0v) is 17.6. The van der Waals surface area contributed by atoms with Crippen LogP contribution in [0.5, 0.6) is 0 Å². The number of hydrogen-bond donors (Lipinski definition) is 3. The van der Waals surface area contributed by atoms with Gasteiger partial charge in [-0.2, -0.15) is 0 Å². The lowest BCUT2D eigenvalue weighted by Gasteiger charge is -2.28. The first kappa shape index (κ1) is 22.2. The lowest BCUT2D eigenvalue weighted by Crippen LogP contribution is -2.46. The smallest absolute Gasteiger partial charge is 0.261 e. The van der Waals surface area contributed by atoms with Gasteiger partial charge in [0.05, 0.1) is 4.90 Å². The molecule has 0 bridgehead atoms. The van der Waals surface area contributed by atoms with Crippen molar-refractivity contribution < 1.29 is 13.2 Å². The van der Waals surface area contributed by atoms with Gasteiger partial charge in [0.25, 0.3) is 15.9 Å². The van der Waals surface area contributed by atoms with Gasteiger partial charge in [-0.05, 0) is 63.6 Å². The Kier molecular flexibility index (Phi) is 7.46. The van der Waals surface area contributed by atoms with E-state index in [9.17, 15) is 13.2 Å². The third-order valence-corrected chi connectivity index (χ3v) is 6.05. The molecule has 0 spiro atoms. The van der Waals surface area contributed by atoms with E-state index in [2.05, 4.69) is 22.3 Å². The molecule has 0 saturated carbocycles. The van der Waals surface area contributed by atoms with Crippen molar-refractivity contribution >= 4 is 34.0 Å². The maximum atomic E-state index is 12.6. The number of anilines is 1. The number of piperidine rings is 1. The fourth-order valence-corrected chi connectivity index (χ4v) is 4.28. The third-order valence-electron chi connectivity index (χ3n) is 4.67. The van der Waals surface area contributed by atoms with E-state index in [-0.39, 0.29) is 29.3 Å². The molecule has 1 fully saturated rings. The molecular weight excluding hydrogens is 398 g/mol. The van der Waals surface area contributed by atoms with E-state index >= 15 is 0 Å². The number of aryl methyl sites for hydroxylation is 1. The second kappa shape index (κ2) is 9.41. The summed E-state index contributed by atoms with van der Waals surface area (Å²) < 4.78 is 27.8. The quantitative estimate of drug-likeness (QED) is 0.689. The number of hydrogen-bond acceptors (Lipinski definition) is 4. The maximum absolute atomic E-state index is 12.6. The summed E-state index contributed by atoms with van der Waals surface area (Å²) >= 11 is 0. The molecule has 8 heteroatoms. The van der Waals surface area contributed by atoms with Crippen molar-refractivity contribution in [3.63, 3.8) is 0 Å². The largest absolute Gasteiger partial charge is 0.349 e. The molecule has 152 valence electrons.